The van der Waals surface area contributed by atoms with Crippen LogP contribution in [0.1, 0.15) is 6.42 Å². The van der Waals surface area contributed by atoms with Crippen molar-refractivity contribution in [2.24, 2.45) is 0 Å². The average Bonchev–Trinajstić information content (AvgIpc) is 2.66. The monoisotopic (exact) mass is 337 g/mol. The van der Waals surface area contributed by atoms with Crippen LogP contribution in [0.25, 0.3) is 22.5 Å². The third kappa shape index (κ3) is 4.19. The summed E-state index contributed by atoms with van der Waals surface area (Å²) in [5, 5.41) is 9.46. The minimum Gasteiger partial charge on any atom is -0.385 e. The Kier molecular flexibility index (Phi) is 5.93. The van der Waals surface area contributed by atoms with Crippen molar-refractivity contribution in [3.05, 3.63) is 60.7 Å². The van der Waals surface area contributed by atoms with Crippen LogP contribution in [-0.2, 0) is 4.74 Å². The van der Waals surface area contributed by atoms with E-state index in [2.05, 4.69) is 22.3 Å². The molecule has 0 spiro atoms. The highest BCUT2D eigenvalue weighted by Crippen LogP contribution is 2.29. The standard InChI is InChI=1S/C19H19N3OS/c1-23-13-8-14-24-19-20-17(15-9-4-2-5-10-15)18(21-22-19)16-11-6-3-7-12-16/h2-7,9-12H,8,13-14H2,1H3. The number of benzene rings is 2. The molecule has 0 aliphatic rings. The molecule has 0 N–H and O–H groups in total. The number of methoxy groups -OCH3 is 1. The van der Waals surface area contributed by atoms with Crippen molar-refractivity contribution in [1.82, 2.24) is 15.2 Å². The third-order valence-electron chi connectivity index (χ3n) is 3.49. The fraction of sp³-hybridized carbons (Fsp3) is 0.211. The molecule has 1 aromatic heterocycles. The number of aromatic nitrogens is 3. The van der Waals surface area contributed by atoms with Crippen LogP contribution in [0, 0.1) is 0 Å². The average molecular weight is 337 g/mol. The van der Waals surface area contributed by atoms with E-state index in [0.717, 1.165) is 41.3 Å². The van der Waals surface area contributed by atoms with Crippen molar-refractivity contribution in [3.63, 3.8) is 0 Å². The second-order valence-electron chi connectivity index (χ2n) is 5.22. The Labute approximate surface area is 146 Å². The molecule has 3 aromatic rings. The van der Waals surface area contributed by atoms with Crippen molar-refractivity contribution in [2.45, 2.75) is 11.6 Å². The van der Waals surface area contributed by atoms with E-state index in [9.17, 15) is 0 Å². The number of hydrogen-bond donors (Lipinski definition) is 0. The van der Waals surface area contributed by atoms with Gasteiger partial charge in [-0.15, -0.1) is 10.2 Å². The fourth-order valence-electron chi connectivity index (χ4n) is 2.33. The van der Waals surface area contributed by atoms with Gasteiger partial charge in [0.15, 0.2) is 0 Å². The van der Waals surface area contributed by atoms with Gasteiger partial charge in [-0.2, -0.15) is 0 Å². The molecule has 0 atom stereocenters. The Morgan fingerprint density at radius 3 is 2.08 bits per heavy atom. The number of rotatable bonds is 7. The highest BCUT2D eigenvalue weighted by molar-refractivity contribution is 7.99. The SMILES string of the molecule is COCCCSc1nnc(-c2ccccc2)c(-c2ccccc2)n1. The van der Waals surface area contributed by atoms with Crippen molar-refractivity contribution in [2.75, 3.05) is 19.5 Å². The topological polar surface area (TPSA) is 47.9 Å². The molecular formula is C19H19N3OS. The summed E-state index contributed by atoms with van der Waals surface area (Å²) < 4.78 is 5.08. The molecule has 3 rings (SSSR count). The molecule has 0 bridgehead atoms. The summed E-state index contributed by atoms with van der Waals surface area (Å²) in [5.41, 5.74) is 3.74. The van der Waals surface area contributed by atoms with Crippen LogP contribution in [0.5, 0.6) is 0 Å². The largest absolute Gasteiger partial charge is 0.385 e. The van der Waals surface area contributed by atoms with Crippen LogP contribution in [0.3, 0.4) is 0 Å². The lowest BCUT2D eigenvalue weighted by Crippen LogP contribution is -2.00. The van der Waals surface area contributed by atoms with E-state index in [1.165, 1.54) is 0 Å². The van der Waals surface area contributed by atoms with Crippen LogP contribution in [0.4, 0.5) is 0 Å². The van der Waals surface area contributed by atoms with Gasteiger partial charge in [0.1, 0.15) is 11.4 Å². The van der Waals surface area contributed by atoms with Crippen LogP contribution < -0.4 is 0 Å². The Hall–Kier alpha value is -2.24. The Balaban J connectivity index is 1.94. The van der Waals surface area contributed by atoms with Crippen molar-refractivity contribution >= 4 is 11.8 Å². The highest BCUT2D eigenvalue weighted by atomic mass is 32.2. The number of hydrogen-bond acceptors (Lipinski definition) is 5. The molecule has 0 aliphatic heterocycles. The molecule has 122 valence electrons. The zero-order valence-corrected chi connectivity index (χ0v) is 14.4. The van der Waals surface area contributed by atoms with E-state index in [1.54, 1.807) is 18.9 Å². The molecule has 5 heteroatoms. The molecule has 0 saturated carbocycles. The lowest BCUT2D eigenvalue weighted by Gasteiger charge is -2.09. The molecule has 1 heterocycles. The number of ether oxygens (including phenoxy) is 1. The predicted molar refractivity (Wildman–Crippen MR) is 97.9 cm³/mol. The van der Waals surface area contributed by atoms with Crippen molar-refractivity contribution in [3.8, 4) is 22.5 Å². The number of thioether (sulfide) groups is 1. The van der Waals surface area contributed by atoms with Gasteiger partial charge in [0.2, 0.25) is 5.16 Å². The van der Waals surface area contributed by atoms with Gasteiger partial charge in [0, 0.05) is 30.6 Å². The summed E-state index contributed by atoms with van der Waals surface area (Å²) in [6.45, 7) is 0.744. The van der Waals surface area contributed by atoms with Crippen molar-refractivity contribution < 1.29 is 4.74 Å². The second kappa shape index (κ2) is 8.57. The van der Waals surface area contributed by atoms with Gasteiger partial charge in [-0.25, -0.2) is 4.98 Å². The predicted octanol–water partition coefficient (Wildman–Crippen LogP) is 4.33. The fourth-order valence-corrected chi connectivity index (χ4v) is 3.03. The zero-order valence-electron chi connectivity index (χ0n) is 13.6. The summed E-state index contributed by atoms with van der Waals surface area (Å²) in [5.74, 6) is 0.911. The summed E-state index contributed by atoms with van der Waals surface area (Å²) in [4.78, 5) is 4.77. The Morgan fingerprint density at radius 1 is 0.833 bits per heavy atom. The maximum Gasteiger partial charge on any atom is 0.209 e. The van der Waals surface area contributed by atoms with Crippen LogP contribution in [0.15, 0.2) is 65.8 Å². The minimum atomic E-state index is 0.699. The molecule has 0 aliphatic carbocycles. The first-order chi connectivity index (χ1) is 11.9. The van der Waals surface area contributed by atoms with Crippen LogP contribution in [-0.4, -0.2) is 34.7 Å². The van der Waals surface area contributed by atoms with E-state index in [-0.39, 0.29) is 0 Å². The van der Waals surface area contributed by atoms with Gasteiger partial charge < -0.3 is 4.74 Å². The van der Waals surface area contributed by atoms with Crippen LogP contribution >= 0.6 is 11.8 Å². The van der Waals surface area contributed by atoms with Crippen molar-refractivity contribution in [1.29, 1.82) is 0 Å². The molecular weight excluding hydrogens is 318 g/mol. The molecule has 0 saturated heterocycles. The maximum atomic E-state index is 5.08. The van der Waals surface area contributed by atoms with Gasteiger partial charge in [0.25, 0.3) is 0 Å². The quantitative estimate of drug-likeness (QED) is 0.474. The lowest BCUT2D eigenvalue weighted by atomic mass is 10.0. The molecule has 24 heavy (non-hydrogen) atoms. The Morgan fingerprint density at radius 2 is 1.46 bits per heavy atom. The summed E-state index contributed by atoms with van der Waals surface area (Å²) >= 11 is 1.61. The smallest absolute Gasteiger partial charge is 0.209 e. The molecule has 0 unspecified atom stereocenters. The third-order valence-corrected chi connectivity index (χ3v) is 4.41. The normalized spacial score (nSPS) is 10.7. The van der Waals surface area contributed by atoms with E-state index in [1.807, 2.05) is 48.5 Å². The first kappa shape index (κ1) is 16.6. The zero-order chi connectivity index (χ0) is 16.6. The Bertz CT molecular complexity index is 766. The molecule has 0 fully saturated rings. The summed E-state index contributed by atoms with van der Waals surface area (Å²) in [6, 6.07) is 20.2. The molecule has 0 amide bonds. The van der Waals surface area contributed by atoms with E-state index < -0.39 is 0 Å². The maximum absolute atomic E-state index is 5.08. The van der Waals surface area contributed by atoms with Crippen LogP contribution in [0.2, 0.25) is 0 Å². The molecule has 4 nitrogen and oxygen atoms in total. The lowest BCUT2D eigenvalue weighted by molar-refractivity contribution is 0.200. The van der Waals surface area contributed by atoms with Gasteiger partial charge in [-0.05, 0) is 6.42 Å². The van der Waals surface area contributed by atoms with Gasteiger partial charge in [-0.1, -0.05) is 72.4 Å². The summed E-state index contributed by atoms with van der Waals surface area (Å²) in [6.07, 6.45) is 0.964. The second-order valence-corrected chi connectivity index (χ2v) is 6.28. The first-order valence-corrected chi connectivity index (χ1v) is 8.84. The van der Waals surface area contributed by atoms with E-state index in [4.69, 9.17) is 9.72 Å². The van der Waals surface area contributed by atoms with E-state index in [0.29, 0.717) is 5.16 Å². The van der Waals surface area contributed by atoms with Gasteiger partial charge >= 0.3 is 0 Å². The first-order valence-electron chi connectivity index (χ1n) is 7.86. The summed E-state index contributed by atoms with van der Waals surface area (Å²) in [7, 11) is 1.71. The van der Waals surface area contributed by atoms with Gasteiger partial charge in [-0.3, -0.25) is 0 Å². The van der Waals surface area contributed by atoms with Gasteiger partial charge in [0.05, 0.1) is 0 Å². The molecule has 0 radical (unpaired) electrons. The highest BCUT2D eigenvalue weighted by Gasteiger charge is 2.13. The minimum absolute atomic E-state index is 0.699. The molecule has 2 aromatic carbocycles. The van der Waals surface area contributed by atoms with E-state index >= 15 is 0 Å². The number of nitrogens with zero attached hydrogens (tertiary/aromatic N) is 3.